The summed E-state index contributed by atoms with van der Waals surface area (Å²) in [6.45, 7) is 3.77. The summed E-state index contributed by atoms with van der Waals surface area (Å²) in [5.41, 5.74) is 2.43. The van der Waals surface area contributed by atoms with E-state index >= 15 is 0 Å². The summed E-state index contributed by atoms with van der Waals surface area (Å²) >= 11 is 0. The van der Waals surface area contributed by atoms with Gasteiger partial charge in [0.05, 0.1) is 4.90 Å². The SMILES string of the molecule is Cc1cccc(NC(=O)CCNS(=O)(=O)c2ccc3c(c2)C[C@@H](C)N3C(=O)C2CC2)n1. The maximum Gasteiger partial charge on any atom is 0.240 e. The maximum atomic E-state index is 12.7. The number of carbonyl (C=O) groups is 2. The number of aryl methyl sites for hydroxylation is 1. The fraction of sp³-hybridized carbons (Fsp3) is 0.409. The molecular formula is C22H26N4O4S. The number of aromatic nitrogens is 1. The molecule has 1 aliphatic heterocycles. The number of nitrogens with one attached hydrogen (secondary N) is 2. The Kier molecular flexibility index (Phi) is 5.81. The van der Waals surface area contributed by atoms with E-state index < -0.39 is 10.0 Å². The van der Waals surface area contributed by atoms with Crippen LogP contribution in [0.3, 0.4) is 0 Å². The number of pyridine rings is 1. The van der Waals surface area contributed by atoms with Crippen molar-refractivity contribution >= 4 is 33.3 Å². The number of carbonyl (C=O) groups excluding carboxylic acids is 2. The van der Waals surface area contributed by atoms with Crippen LogP contribution in [0.5, 0.6) is 0 Å². The molecule has 8 nitrogen and oxygen atoms in total. The van der Waals surface area contributed by atoms with Crippen molar-refractivity contribution in [3.8, 4) is 0 Å². The summed E-state index contributed by atoms with van der Waals surface area (Å²) in [5.74, 6) is 0.359. The molecular weight excluding hydrogens is 416 g/mol. The molecule has 31 heavy (non-hydrogen) atoms. The fourth-order valence-corrected chi connectivity index (χ4v) is 4.92. The largest absolute Gasteiger partial charge is 0.311 e. The number of rotatable bonds is 7. The van der Waals surface area contributed by atoms with Crippen molar-refractivity contribution < 1.29 is 18.0 Å². The molecule has 2 aromatic rings. The van der Waals surface area contributed by atoms with Gasteiger partial charge < -0.3 is 10.2 Å². The molecule has 4 rings (SSSR count). The highest BCUT2D eigenvalue weighted by Crippen LogP contribution is 2.39. The highest BCUT2D eigenvalue weighted by Gasteiger charge is 2.39. The first-order chi connectivity index (χ1) is 14.7. The van der Waals surface area contributed by atoms with Gasteiger partial charge in [-0.05, 0) is 69.0 Å². The maximum absolute atomic E-state index is 12.7. The van der Waals surface area contributed by atoms with Crippen LogP contribution in [0.1, 0.15) is 37.4 Å². The monoisotopic (exact) mass is 442 g/mol. The van der Waals surface area contributed by atoms with Gasteiger partial charge in [0.15, 0.2) is 0 Å². The standard InChI is InChI=1S/C22H26N4O4S/c1-14-4-3-5-20(24-14)25-21(27)10-11-23-31(29,30)18-8-9-19-17(13-18)12-15(2)26(19)22(28)16-6-7-16/h3-5,8-9,13,15-16,23H,6-7,10-12H2,1-2H3,(H,24,25,27)/t15-/m1/s1. The molecule has 1 fully saturated rings. The van der Waals surface area contributed by atoms with Gasteiger partial charge in [-0.25, -0.2) is 18.1 Å². The lowest BCUT2D eigenvalue weighted by atomic mass is 10.1. The topological polar surface area (TPSA) is 108 Å². The number of anilines is 2. The van der Waals surface area contributed by atoms with Gasteiger partial charge in [0.1, 0.15) is 5.82 Å². The molecule has 0 spiro atoms. The number of nitrogens with zero attached hydrogens (tertiary/aromatic N) is 2. The zero-order valence-corrected chi connectivity index (χ0v) is 18.4. The summed E-state index contributed by atoms with van der Waals surface area (Å²) in [5, 5.41) is 2.65. The molecule has 2 amide bonds. The zero-order chi connectivity index (χ0) is 22.2. The predicted molar refractivity (Wildman–Crippen MR) is 117 cm³/mol. The molecule has 0 saturated heterocycles. The lowest BCUT2D eigenvalue weighted by molar-refractivity contribution is -0.120. The van der Waals surface area contributed by atoms with Crippen molar-refractivity contribution in [3.05, 3.63) is 47.7 Å². The Bertz CT molecular complexity index is 1130. The molecule has 0 radical (unpaired) electrons. The fourth-order valence-electron chi connectivity index (χ4n) is 3.84. The first-order valence-electron chi connectivity index (χ1n) is 10.4. The lowest BCUT2D eigenvalue weighted by Gasteiger charge is -2.22. The second-order valence-electron chi connectivity index (χ2n) is 8.19. The minimum Gasteiger partial charge on any atom is -0.311 e. The average molecular weight is 443 g/mol. The van der Waals surface area contributed by atoms with Crippen LogP contribution in [-0.4, -0.2) is 37.8 Å². The van der Waals surface area contributed by atoms with Crippen molar-refractivity contribution in [1.29, 1.82) is 0 Å². The number of sulfonamides is 1. The third-order valence-corrected chi connectivity index (χ3v) is 7.00. The van der Waals surface area contributed by atoms with E-state index in [1.807, 2.05) is 19.9 Å². The first-order valence-corrected chi connectivity index (χ1v) is 11.9. The Balaban J connectivity index is 1.37. The molecule has 1 aliphatic carbocycles. The summed E-state index contributed by atoms with van der Waals surface area (Å²) in [6.07, 6.45) is 2.48. The Morgan fingerprint density at radius 2 is 1.97 bits per heavy atom. The van der Waals surface area contributed by atoms with Gasteiger partial charge in [-0.3, -0.25) is 9.59 Å². The first kappa shape index (κ1) is 21.5. The molecule has 1 saturated carbocycles. The van der Waals surface area contributed by atoms with E-state index in [9.17, 15) is 18.0 Å². The van der Waals surface area contributed by atoms with E-state index in [-0.39, 0.29) is 41.6 Å². The third kappa shape index (κ3) is 4.77. The highest BCUT2D eigenvalue weighted by atomic mass is 32.2. The van der Waals surface area contributed by atoms with Gasteiger partial charge in [-0.2, -0.15) is 0 Å². The summed E-state index contributed by atoms with van der Waals surface area (Å²) < 4.78 is 27.9. The second kappa shape index (κ2) is 8.39. The van der Waals surface area contributed by atoms with Gasteiger partial charge in [-0.1, -0.05) is 6.07 Å². The minimum atomic E-state index is -3.77. The van der Waals surface area contributed by atoms with Gasteiger partial charge in [0, 0.05) is 36.3 Å². The van der Waals surface area contributed by atoms with Crippen LogP contribution in [0, 0.1) is 12.8 Å². The van der Waals surface area contributed by atoms with Gasteiger partial charge in [0.2, 0.25) is 21.8 Å². The van der Waals surface area contributed by atoms with Crippen LogP contribution in [0.2, 0.25) is 0 Å². The van der Waals surface area contributed by atoms with E-state index in [1.54, 1.807) is 29.2 Å². The molecule has 1 aromatic carbocycles. The van der Waals surface area contributed by atoms with E-state index in [4.69, 9.17) is 0 Å². The van der Waals surface area contributed by atoms with Crippen molar-refractivity contribution in [3.63, 3.8) is 0 Å². The normalized spacial score (nSPS) is 18.0. The predicted octanol–water partition coefficient (Wildman–Crippen LogP) is 2.38. The molecule has 1 aromatic heterocycles. The molecule has 2 N–H and O–H groups in total. The number of fused-ring (bicyclic) bond motifs is 1. The number of hydrogen-bond donors (Lipinski definition) is 2. The summed E-state index contributed by atoms with van der Waals surface area (Å²) in [4.78, 5) is 30.8. The van der Waals surface area contributed by atoms with E-state index in [1.165, 1.54) is 6.07 Å². The van der Waals surface area contributed by atoms with Crippen molar-refractivity contribution in [2.75, 3.05) is 16.8 Å². The van der Waals surface area contributed by atoms with Crippen molar-refractivity contribution in [2.45, 2.75) is 50.5 Å². The quantitative estimate of drug-likeness (QED) is 0.684. The number of benzene rings is 1. The Hall–Kier alpha value is -2.78. The molecule has 164 valence electrons. The Labute approximate surface area is 182 Å². The average Bonchev–Trinajstić information content (AvgIpc) is 3.49. The number of hydrogen-bond acceptors (Lipinski definition) is 5. The zero-order valence-electron chi connectivity index (χ0n) is 17.6. The third-order valence-electron chi connectivity index (χ3n) is 5.54. The number of amides is 2. The van der Waals surface area contributed by atoms with Crippen molar-refractivity contribution in [2.24, 2.45) is 5.92 Å². The summed E-state index contributed by atoms with van der Waals surface area (Å²) in [7, 11) is -3.77. The van der Waals surface area contributed by atoms with Crippen LogP contribution < -0.4 is 14.9 Å². The molecule has 9 heteroatoms. The molecule has 2 heterocycles. The van der Waals surface area contributed by atoms with Crippen LogP contribution in [0.4, 0.5) is 11.5 Å². The van der Waals surface area contributed by atoms with E-state index in [0.717, 1.165) is 29.8 Å². The molecule has 2 aliphatic rings. The van der Waals surface area contributed by atoms with Crippen LogP contribution in [-0.2, 0) is 26.0 Å². The van der Waals surface area contributed by atoms with Gasteiger partial charge >= 0.3 is 0 Å². The molecule has 1 atom stereocenters. The lowest BCUT2D eigenvalue weighted by Crippen LogP contribution is -2.36. The van der Waals surface area contributed by atoms with E-state index in [0.29, 0.717) is 12.2 Å². The van der Waals surface area contributed by atoms with Crippen molar-refractivity contribution in [1.82, 2.24) is 9.71 Å². The van der Waals surface area contributed by atoms with Gasteiger partial charge in [0.25, 0.3) is 0 Å². The smallest absolute Gasteiger partial charge is 0.240 e. The van der Waals surface area contributed by atoms with Crippen LogP contribution in [0.15, 0.2) is 41.3 Å². The Morgan fingerprint density at radius 1 is 1.19 bits per heavy atom. The minimum absolute atomic E-state index is 0.0134. The van der Waals surface area contributed by atoms with Crippen LogP contribution >= 0.6 is 0 Å². The van der Waals surface area contributed by atoms with Crippen LogP contribution in [0.25, 0.3) is 0 Å². The Morgan fingerprint density at radius 3 is 2.68 bits per heavy atom. The van der Waals surface area contributed by atoms with E-state index in [2.05, 4.69) is 15.0 Å². The molecule has 0 bridgehead atoms. The highest BCUT2D eigenvalue weighted by molar-refractivity contribution is 7.89. The summed E-state index contributed by atoms with van der Waals surface area (Å²) in [6, 6.07) is 10.2. The second-order valence-corrected chi connectivity index (χ2v) is 9.95. The molecule has 0 unspecified atom stereocenters. The van der Waals surface area contributed by atoms with Gasteiger partial charge in [-0.15, -0.1) is 0 Å².